The van der Waals surface area contributed by atoms with Gasteiger partial charge in [-0.25, -0.2) is 0 Å². The second-order valence-electron chi connectivity index (χ2n) is 5.51. The van der Waals surface area contributed by atoms with Gasteiger partial charge in [0.25, 0.3) is 0 Å². The van der Waals surface area contributed by atoms with Crippen LogP contribution in [0.25, 0.3) is 0 Å². The van der Waals surface area contributed by atoms with E-state index in [1.807, 2.05) is 0 Å². The van der Waals surface area contributed by atoms with E-state index in [9.17, 15) is 0 Å². The van der Waals surface area contributed by atoms with Crippen LogP contribution in [-0.2, 0) is 6.42 Å². The SMILES string of the molecule is CNC(CCC1CCCC1)Cc1ccccc1Br. The Kier molecular flexibility index (Phi) is 5.71. The Morgan fingerprint density at radius 2 is 2.00 bits per heavy atom. The number of likely N-dealkylation sites (N-methyl/N-ethyl adjacent to an activating group) is 1. The highest BCUT2D eigenvalue weighted by Crippen LogP contribution is 2.29. The molecule has 1 aromatic carbocycles. The van der Waals surface area contributed by atoms with Gasteiger partial charge in [0, 0.05) is 10.5 Å². The second-order valence-corrected chi connectivity index (χ2v) is 6.36. The third-order valence-electron chi connectivity index (χ3n) is 4.23. The van der Waals surface area contributed by atoms with E-state index in [0.717, 1.165) is 12.3 Å². The quantitative estimate of drug-likeness (QED) is 0.813. The van der Waals surface area contributed by atoms with E-state index in [-0.39, 0.29) is 0 Å². The zero-order valence-corrected chi connectivity index (χ0v) is 12.9. The van der Waals surface area contributed by atoms with Gasteiger partial charge in [0.2, 0.25) is 0 Å². The van der Waals surface area contributed by atoms with Crippen molar-refractivity contribution in [3.05, 3.63) is 34.3 Å². The Hall–Kier alpha value is -0.340. The molecule has 1 atom stereocenters. The smallest absolute Gasteiger partial charge is 0.0207 e. The van der Waals surface area contributed by atoms with Crippen LogP contribution in [0.15, 0.2) is 28.7 Å². The maximum Gasteiger partial charge on any atom is 0.0207 e. The van der Waals surface area contributed by atoms with Crippen LogP contribution in [0.4, 0.5) is 0 Å². The van der Waals surface area contributed by atoms with E-state index in [1.165, 1.54) is 48.6 Å². The molecule has 0 saturated heterocycles. The summed E-state index contributed by atoms with van der Waals surface area (Å²) in [6, 6.07) is 9.19. The summed E-state index contributed by atoms with van der Waals surface area (Å²) >= 11 is 3.64. The van der Waals surface area contributed by atoms with Crippen molar-refractivity contribution in [2.45, 2.75) is 51.0 Å². The Bertz CT molecular complexity index is 358. The number of nitrogens with one attached hydrogen (secondary N) is 1. The Morgan fingerprint density at radius 1 is 1.28 bits per heavy atom. The molecular weight excluding hydrogens is 286 g/mol. The van der Waals surface area contributed by atoms with Gasteiger partial charge in [-0.2, -0.15) is 0 Å². The fourth-order valence-electron chi connectivity index (χ4n) is 3.01. The molecule has 0 bridgehead atoms. The Balaban J connectivity index is 1.83. The van der Waals surface area contributed by atoms with Crippen molar-refractivity contribution in [2.24, 2.45) is 5.92 Å². The fourth-order valence-corrected chi connectivity index (χ4v) is 3.46. The molecule has 0 amide bonds. The molecule has 1 aliphatic carbocycles. The molecule has 1 aromatic rings. The van der Waals surface area contributed by atoms with E-state index in [1.54, 1.807) is 0 Å². The first-order chi connectivity index (χ1) is 8.79. The van der Waals surface area contributed by atoms with Crippen LogP contribution in [0.5, 0.6) is 0 Å². The first kappa shape index (κ1) is 14.1. The normalized spacial score (nSPS) is 18.1. The first-order valence-electron chi connectivity index (χ1n) is 7.20. The van der Waals surface area contributed by atoms with Crippen molar-refractivity contribution in [2.75, 3.05) is 7.05 Å². The Morgan fingerprint density at radius 3 is 2.67 bits per heavy atom. The average molecular weight is 310 g/mol. The van der Waals surface area contributed by atoms with Gasteiger partial charge < -0.3 is 5.32 Å². The molecule has 0 aromatic heterocycles. The number of hydrogen-bond donors (Lipinski definition) is 1. The average Bonchev–Trinajstić information content (AvgIpc) is 2.90. The van der Waals surface area contributed by atoms with Gasteiger partial charge in [0.1, 0.15) is 0 Å². The van der Waals surface area contributed by atoms with Gasteiger partial charge in [0.05, 0.1) is 0 Å². The van der Waals surface area contributed by atoms with Crippen LogP contribution < -0.4 is 5.32 Å². The fraction of sp³-hybridized carbons (Fsp3) is 0.625. The molecule has 1 fully saturated rings. The molecule has 2 rings (SSSR count). The largest absolute Gasteiger partial charge is 0.317 e. The van der Waals surface area contributed by atoms with Gasteiger partial charge >= 0.3 is 0 Å². The van der Waals surface area contributed by atoms with Crippen LogP contribution in [0, 0.1) is 5.92 Å². The summed E-state index contributed by atoms with van der Waals surface area (Å²) in [6.07, 6.45) is 9.68. The molecule has 18 heavy (non-hydrogen) atoms. The van der Waals surface area contributed by atoms with Crippen molar-refractivity contribution < 1.29 is 0 Å². The monoisotopic (exact) mass is 309 g/mol. The molecule has 1 unspecified atom stereocenters. The summed E-state index contributed by atoms with van der Waals surface area (Å²) < 4.78 is 1.24. The lowest BCUT2D eigenvalue weighted by Gasteiger charge is -2.19. The highest BCUT2D eigenvalue weighted by molar-refractivity contribution is 9.10. The topological polar surface area (TPSA) is 12.0 Å². The molecule has 1 saturated carbocycles. The van der Waals surface area contributed by atoms with Crippen LogP contribution in [-0.4, -0.2) is 13.1 Å². The molecule has 1 nitrogen and oxygen atoms in total. The van der Waals surface area contributed by atoms with Crippen molar-refractivity contribution in [3.8, 4) is 0 Å². The van der Waals surface area contributed by atoms with Crippen molar-refractivity contribution in [3.63, 3.8) is 0 Å². The van der Waals surface area contributed by atoms with Crippen LogP contribution in [0.1, 0.15) is 44.1 Å². The van der Waals surface area contributed by atoms with Crippen LogP contribution >= 0.6 is 15.9 Å². The third kappa shape index (κ3) is 4.10. The van der Waals surface area contributed by atoms with E-state index >= 15 is 0 Å². The summed E-state index contributed by atoms with van der Waals surface area (Å²) in [5.41, 5.74) is 1.42. The van der Waals surface area contributed by atoms with E-state index in [4.69, 9.17) is 0 Å². The van der Waals surface area contributed by atoms with Gasteiger partial charge in [0.15, 0.2) is 0 Å². The zero-order valence-electron chi connectivity index (χ0n) is 11.3. The molecule has 0 heterocycles. The van der Waals surface area contributed by atoms with E-state index < -0.39 is 0 Å². The van der Waals surface area contributed by atoms with E-state index in [0.29, 0.717) is 6.04 Å². The van der Waals surface area contributed by atoms with Gasteiger partial charge in [-0.05, 0) is 43.9 Å². The first-order valence-corrected chi connectivity index (χ1v) is 7.99. The minimum absolute atomic E-state index is 0.615. The highest BCUT2D eigenvalue weighted by Gasteiger charge is 2.17. The standard InChI is InChI=1S/C16H24BrN/c1-18-15(11-10-13-6-2-3-7-13)12-14-8-4-5-9-16(14)17/h4-5,8-9,13,15,18H,2-3,6-7,10-12H2,1H3. The maximum absolute atomic E-state index is 3.64. The van der Waals surface area contributed by atoms with Crippen molar-refractivity contribution in [1.29, 1.82) is 0 Å². The summed E-state index contributed by atoms with van der Waals surface area (Å²) in [4.78, 5) is 0. The summed E-state index contributed by atoms with van der Waals surface area (Å²) in [5, 5.41) is 3.48. The molecule has 1 aliphatic rings. The molecule has 100 valence electrons. The van der Waals surface area contributed by atoms with Gasteiger partial charge in [-0.3, -0.25) is 0 Å². The molecule has 0 aliphatic heterocycles. The number of benzene rings is 1. The number of halogens is 1. The molecule has 1 N–H and O–H groups in total. The highest BCUT2D eigenvalue weighted by atomic mass is 79.9. The van der Waals surface area contributed by atoms with Crippen LogP contribution in [0.2, 0.25) is 0 Å². The molecule has 2 heteroatoms. The molecule has 0 spiro atoms. The number of rotatable bonds is 6. The second kappa shape index (κ2) is 7.30. The summed E-state index contributed by atoms with van der Waals surface area (Å²) in [7, 11) is 2.09. The third-order valence-corrected chi connectivity index (χ3v) is 5.00. The minimum Gasteiger partial charge on any atom is -0.317 e. The zero-order chi connectivity index (χ0) is 12.8. The molecular formula is C16H24BrN. The minimum atomic E-state index is 0.615. The lowest BCUT2D eigenvalue weighted by molar-refractivity contribution is 0.418. The van der Waals surface area contributed by atoms with Crippen molar-refractivity contribution >= 4 is 15.9 Å². The predicted molar refractivity (Wildman–Crippen MR) is 81.9 cm³/mol. The maximum atomic E-state index is 3.64. The van der Waals surface area contributed by atoms with Gasteiger partial charge in [-0.1, -0.05) is 59.8 Å². The molecule has 0 radical (unpaired) electrons. The Labute approximate surface area is 119 Å². The lowest BCUT2D eigenvalue weighted by Crippen LogP contribution is -2.28. The van der Waals surface area contributed by atoms with Crippen molar-refractivity contribution in [1.82, 2.24) is 5.32 Å². The van der Waals surface area contributed by atoms with Gasteiger partial charge in [-0.15, -0.1) is 0 Å². The summed E-state index contributed by atoms with van der Waals surface area (Å²) in [5.74, 6) is 1.00. The number of hydrogen-bond acceptors (Lipinski definition) is 1. The summed E-state index contributed by atoms with van der Waals surface area (Å²) in [6.45, 7) is 0. The van der Waals surface area contributed by atoms with E-state index in [2.05, 4.69) is 52.6 Å². The van der Waals surface area contributed by atoms with Crippen LogP contribution in [0.3, 0.4) is 0 Å². The predicted octanol–water partition coefficient (Wildman–Crippen LogP) is 4.55. The lowest BCUT2D eigenvalue weighted by atomic mass is 9.95.